The number of thiophene rings is 1. The fourth-order valence-corrected chi connectivity index (χ4v) is 5.58. The molecule has 8 heteroatoms. The summed E-state index contributed by atoms with van der Waals surface area (Å²) in [5, 5.41) is 5.43. The second-order valence-electron chi connectivity index (χ2n) is 6.84. The van der Waals surface area contributed by atoms with Crippen molar-refractivity contribution in [3.63, 3.8) is 0 Å². The number of aryl methyl sites for hydroxylation is 3. The summed E-state index contributed by atoms with van der Waals surface area (Å²) in [7, 11) is 0. The molecule has 1 fully saturated rings. The lowest BCUT2D eigenvalue weighted by Gasteiger charge is -2.15. The van der Waals surface area contributed by atoms with E-state index in [0.717, 1.165) is 58.3 Å². The number of thioether (sulfide) groups is 1. The molecule has 144 valence electrons. The first kappa shape index (κ1) is 18.7. The van der Waals surface area contributed by atoms with Crippen LogP contribution in [0.4, 0.5) is 0 Å². The molecule has 0 spiro atoms. The molecular formula is C19H23N3O3S2. The van der Waals surface area contributed by atoms with E-state index >= 15 is 0 Å². The minimum absolute atomic E-state index is 0.0490. The summed E-state index contributed by atoms with van der Waals surface area (Å²) in [5.74, 6) is 1.38. The molecule has 0 aromatic carbocycles. The normalized spacial score (nSPS) is 17.2. The molecule has 1 aliphatic rings. The Kier molecular flexibility index (Phi) is 5.39. The number of nitrogens with zero attached hydrogens (tertiary/aromatic N) is 3. The molecule has 0 bridgehead atoms. The first-order valence-electron chi connectivity index (χ1n) is 9.26. The lowest BCUT2D eigenvalue weighted by Crippen LogP contribution is -2.28. The van der Waals surface area contributed by atoms with Crippen molar-refractivity contribution in [1.29, 1.82) is 0 Å². The van der Waals surface area contributed by atoms with Crippen molar-refractivity contribution in [2.75, 3.05) is 6.61 Å². The Hall–Kier alpha value is -1.64. The van der Waals surface area contributed by atoms with Crippen molar-refractivity contribution in [2.24, 2.45) is 0 Å². The largest absolute Gasteiger partial charge is 0.376 e. The third-order valence-corrected chi connectivity index (χ3v) is 6.90. The van der Waals surface area contributed by atoms with Gasteiger partial charge < -0.3 is 9.26 Å². The van der Waals surface area contributed by atoms with E-state index in [0.29, 0.717) is 12.3 Å². The Morgan fingerprint density at radius 3 is 2.93 bits per heavy atom. The zero-order valence-electron chi connectivity index (χ0n) is 15.8. The van der Waals surface area contributed by atoms with Gasteiger partial charge in [0.25, 0.3) is 5.56 Å². The number of hydrogen-bond donors (Lipinski definition) is 0. The smallest absolute Gasteiger partial charge is 0.263 e. The molecule has 3 aromatic heterocycles. The third-order valence-electron chi connectivity index (χ3n) is 4.86. The number of aromatic nitrogens is 3. The van der Waals surface area contributed by atoms with Gasteiger partial charge in [0.2, 0.25) is 0 Å². The van der Waals surface area contributed by atoms with Crippen molar-refractivity contribution >= 4 is 33.3 Å². The molecule has 0 N–H and O–H groups in total. The topological polar surface area (TPSA) is 70.2 Å². The first-order valence-corrected chi connectivity index (χ1v) is 11.1. The summed E-state index contributed by atoms with van der Waals surface area (Å²) in [6.07, 6.45) is 2.96. The van der Waals surface area contributed by atoms with Crippen molar-refractivity contribution in [3.8, 4) is 0 Å². The van der Waals surface area contributed by atoms with Gasteiger partial charge in [0.1, 0.15) is 10.6 Å². The molecule has 0 amide bonds. The Bertz CT molecular complexity index is 1020. The monoisotopic (exact) mass is 405 g/mol. The number of ether oxygens (including phenoxy) is 1. The SMILES string of the molecule is CCc1c(C)sc2nc(SCc3cc(C)no3)n(C[C@H]3CCCO3)c(=O)c12. The van der Waals surface area contributed by atoms with Crippen LogP contribution in [0.5, 0.6) is 0 Å². The minimum atomic E-state index is 0.0490. The van der Waals surface area contributed by atoms with Gasteiger partial charge in [0, 0.05) is 17.6 Å². The third kappa shape index (κ3) is 3.70. The van der Waals surface area contributed by atoms with Gasteiger partial charge in [-0.3, -0.25) is 9.36 Å². The Labute approximate surface area is 165 Å². The molecule has 1 saturated heterocycles. The summed E-state index contributed by atoms with van der Waals surface area (Å²) in [6.45, 7) is 7.38. The summed E-state index contributed by atoms with van der Waals surface area (Å²) in [5.41, 5.74) is 2.02. The van der Waals surface area contributed by atoms with Crippen LogP contribution in [0, 0.1) is 13.8 Å². The molecule has 3 aromatic rings. The van der Waals surface area contributed by atoms with Crippen LogP contribution in [0.3, 0.4) is 0 Å². The number of hydrogen-bond acceptors (Lipinski definition) is 7. The first-order chi connectivity index (χ1) is 13.1. The maximum atomic E-state index is 13.4. The number of fused-ring (bicyclic) bond motifs is 1. The molecule has 0 radical (unpaired) electrons. The summed E-state index contributed by atoms with van der Waals surface area (Å²) < 4.78 is 12.9. The van der Waals surface area contributed by atoms with Gasteiger partial charge >= 0.3 is 0 Å². The lowest BCUT2D eigenvalue weighted by atomic mass is 10.1. The van der Waals surface area contributed by atoms with Gasteiger partial charge in [-0.05, 0) is 38.7 Å². The minimum Gasteiger partial charge on any atom is -0.376 e. The van der Waals surface area contributed by atoms with E-state index < -0.39 is 0 Å². The quantitative estimate of drug-likeness (QED) is 0.454. The Morgan fingerprint density at radius 2 is 2.26 bits per heavy atom. The molecule has 6 nitrogen and oxygen atoms in total. The van der Waals surface area contributed by atoms with Crippen LogP contribution < -0.4 is 5.56 Å². The van der Waals surface area contributed by atoms with Crippen LogP contribution in [0.15, 0.2) is 20.5 Å². The molecule has 1 atom stereocenters. The molecule has 27 heavy (non-hydrogen) atoms. The van der Waals surface area contributed by atoms with Gasteiger partial charge in [-0.2, -0.15) is 0 Å². The van der Waals surface area contributed by atoms with E-state index in [1.165, 1.54) is 16.6 Å². The lowest BCUT2D eigenvalue weighted by molar-refractivity contribution is 0.0937. The van der Waals surface area contributed by atoms with E-state index in [2.05, 4.69) is 19.0 Å². The molecule has 0 unspecified atom stereocenters. The van der Waals surface area contributed by atoms with Crippen LogP contribution in [0.25, 0.3) is 10.2 Å². The van der Waals surface area contributed by atoms with Crippen molar-refractivity contribution in [2.45, 2.75) is 63.6 Å². The van der Waals surface area contributed by atoms with Crippen LogP contribution in [0.1, 0.15) is 41.7 Å². The maximum absolute atomic E-state index is 13.4. The second kappa shape index (κ2) is 7.77. The predicted octanol–water partition coefficient (Wildman–Crippen LogP) is 4.10. The van der Waals surface area contributed by atoms with Crippen LogP contribution in [-0.4, -0.2) is 27.4 Å². The molecule has 0 saturated carbocycles. The fourth-order valence-electron chi connectivity index (χ4n) is 3.54. The summed E-state index contributed by atoms with van der Waals surface area (Å²) >= 11 is 3.12. The van der Waals surface area contributed by atoms with Crippen molar-refractivity contribution in [1.82, 2.24) is 14.7 Å². The second-order valence-corrected chi connectivity index (χ2v) is 8.98. The summed E-state index contributed by atoms with van der Waals surface area (Å²) in [6, 6.07) is 1.92. The van der Waals surface area contributed by atoms with E-state index in [1.54, 1.807) is 15.9 Å². The fraction of sp³-hybridized carbons (Fsp3) is 0.526. The average molecular weight is 406 g/mol. The van der Waals surface area contributed by atoms with Gasteiger partial charge in [0.15, 0.2) is 5.16 Å². The van der Waals surface area contributed by atoms with E-state index in [-0.39, 0.29) is 11.7 Å². The standard InChI is InChI=1S/C19H23N3O3S2/c1-4-15-12(3)27-17-16(15)18(23)22(9-13-6-5-7-24-13)19(20-17)26-10-14-8-11(2)21-25-14/h8,13H,4-7,9-10H2,1-3H3/t13-/m1/s1. The molecular weight excluding hydrogens is 382 g/mol. The predicted molar refractivity (Wildman–Crippen MR) is 108 cm³/mol. The highest BCUT2D eigenvalue weighted by Crippen LogP contribution is 2.31. The number of rotatable bonds is 6. The van der Waals surface area contributed by atoms with Gasteiger partial charge in [-0.1, -0.05) is 23.8 Å². The zero-order chi connectivity index (χ0) is 19.0. The zero-order valence-corrected chi connectivity index (χ0v) is 17.4. The van der Waals surface area contributed by atoms with Crippen LogP contribution in [0.2, 0.25) is 0 Å². The van der Waals surface area contributed by atoms with Crippen molar-refractivity contribution < 1.29 is 9.26 Å². The Balaban J connectivity index is 1.75. The maximum Gasteiger partial charge on any atom is 0.263 e. The van der Waals surface area contributed by atoms with E-state index in [1.807, 2.05) is 13.0 Å². The van der Waals surface area contributed by atoms with Gasteiger partial charge in [0.05, 0.1) is 29.5 Å². The Morgan fingerprint density at radius 1 is 1.41 bits per heavy atom. The van der Waals surface area contributed by atoms with Crippen molar-refractivity contribution in [3.05, 3.63) is 38.3 Å². The summed E-state index contributed by atoms with van der Waals surface area (Å²) in [4.78, 5) is 20.2. The molecule has 1 aliphatic heterocycles. The molecule has 4 heterocycles. The van der Waals surface area contributed by atoms with Crippen LogP contribution in [-0.2, 0) is 23.5 Å². The van der Waals surface area contributed by atoms with Gasteiger partial charge in [-0.15, -0.1) is 11.3 Å². The van der Waals surface area contributed by atoms with E-state index in [4.69, 9.17) is 14.2 Å². The highest BCUT2D eigenvalue weighted by Gasteiger charge is 2.23. The average Bonchev–Trinajstić information content (AvgIpc) is 3.36. The molecule has 4 rings (SSSR count). The molecule has 0 aliphatic carbocycles. The van der Waals surface area contributed by atoms with E-state index in [9.17, 15) is 4.79 Å². The highest BCUT2D eigenvalue weighted by molar-refractivity contribution is 7.98. The van der Waals surface area contributed by atoms with Gasteiger partial charge in [-0.25, -0.2) is 4.98 Å². The highest BCUT2D eigenvalue weighted by atomic mass is 32.2. The van der Waals surface area contributed by atoms with Crippen LogP contribution >= 0.6 is 23.1 Å².